The highest BCUT2D eigenvalue weighted by molar-refractivity contribution is 4.43. The Hall–Kier alpha value is -0.390. The van der Waals surface area contributed by atoms with Crippen molar-refractivity contribution in [3.63, 3.8) is 0 Å². The molecule has 0 aromatic rings. The van der Waals surface area contributed by atoms with Crippen LogP contribution in [0.1, 0.15) is 25.7 Å². The third-order valence-electron chi connectivity index (χ3n) is 0.750. The van der Waals surface area contributed by atoms with E-state index in [-0.39, 0.29) is 0 Å². The Kier molecular flexibility index (Phi) is 21.1. The fourth-order valence-corrected chi connectivity index (χ4v) is 0.354. The molecule has 0 aliphatic heterocycles. The summed E-state index contributed by atoms with van der Waals surface area (Å²) in [6.45, 7) is 13.4. The highest BCUT2D eigenvalue weighted by Crippen LogP contribution is 1.94. The van der Waals surface area contributed by atoms with Crippen molar-refractivity contribution in [2.45, 2.75) is 25.7 Å². The molecule has 0 heteroatoms. The number of hydrogen-bond acceptors (Lipinski definition) is 0. The van der Waals surface area contributed by atoms with E-state index in [1.807, 2.05) is 0 Å². The molecule has 48 valence electrons. The molecular weight excluding hydrogens is 96.1 g/mol. The van der Waals surface area contributed by atoms with Crippen molar-refractivity contribution in [2.24, 2.45) is 0 Å². The first-order valence-corrected chi connectivity index (χ1v) is 3.00. The Morgan fingerprint density at radius 1 is 1.25 bits per heavy atom. The van der Waals surface area contributed by atoms with Crippen LogP contribution in [0.25, 0.3) is 0 Å². The van der Waals surface area contributed by atoms with E-state index in [2.05, 4.69) is 27.0 Å². The summed E-state index contributed by atoms with van der Waals surface area (Å²) >= 11 is 0. The van der Waals surface area contributed by atoms with E-state index in [1.165, 1.54) is 12.8 Å². The Morgan fingerprint density at radius 2 is 1.75 bits per heavy atom. The predicted octanol–water partition coefficient (Wildman–Crippen LogP) is 3.02. The zero-order chi connectivity index (χ0) is 6.83. The minimum absolute atomic E-state index is 1.06. The van der Waals surface area contributed by atoms with Crippen molar-refractivity contribution < 1.29 is 0 Å². The van der Waals surface area contributed by atoms with E-state index < -0.39 is 0 Å². The minimum atomic E-state index is 1.06. The second kappa shape index (κ2) is 16.0. The fraction of sp³-hybridized carbons (Fsp3) is 0.500. The summed E-state index contributed by atoms with van der Waals surface area (Å²) in [6, 6.07) is 0. The second-order valence-electron chi connectivity index (χ2n) is 1.41. The molecule has 0 aliphatic rings. The van der Waals surface area contributed by atoms with Crippen LogP contribution in [0.4, 0.5) is 0 Å². The molecule has 0 N–H and O–H groups in total. The van der Waals surface area contributed by atoms with Crippen LogP contribution in [0, 0.1) is 13.8 Å². The Labute approximate surface area is 53.6 Å². The van der Waals surface area contributed by atoms with E-state index in [0.717, 1.165) is 12.8 Å². The van der Waals surface area contributed by atoms with Crippen LogP contribution in [0.5, 0.6) is 0 Å². The van der Waals surface area contributed by atoms with Crippen LogP contribution in [-0.2, 0) is 0 Å². The molecule has 0 nitrogen and oxygen atoms in total. The summed E-state index contributed by atoms with van der Waals surface area (Å²) in [5.74, 6) is 0. The molecule has 0 rings (SSSR count). The largest absolute Gasteiger partial charge is 0.343 e. The van der Waals surface area contributed by atoms with Gasteiger partial charge in [0.2, 0.25) is 0 Å². The summed E-state index contributed by atoms with van der Waals surface area (Å²) < 4.78 is 0. The first kappa shape index (κ1) is 10.6. The van der Waals surface area contributed by atoms with Crippen LogP contribution in [0.3, 0.4) is 0 Å². The quantitative estimate of drug-likeness (QED) is 0.299. The summed E-state index contributed by atoms with van der Waals surface area (Å²) in [5.41, 5.74) is 0. The van der Waals surface area contributed by atoms with Gasteiger partial charge < -0.3 is 6.92 Å². The molecule has 0 saturated heterocycles. The minimum Gasteiger partial charge on any atom is -0.343 e. The van der Waals surface area contributed by atoms with Gasteiger partial charge in [0.25, 0.3) is 0 Å². The van der Waals surface area contributed by atoms with Gasteiger partial charge in [-0.25, -0.2) is 0 Å². The molecule has 0 bridgehead atoms. The molecule has 0 aliphatic carbocycles. The van der Waals surface area contributed by atoms with E-state index >= 15 is 0 Å². The van der Waals surface area contributed by atoms with Gasteiger partial charge in [0, 0.05) is 0 Å². The molecule has 0 fully saturated rings. The van der Waals surface area contributed by atoms with Crippen molar-refractivity contribution in [3.05, 3.63) is 27.0 Å². The highest BCUT2D eigenvalue weighted by atomic mass is 13.8. The summed E-state index contributed by atoms with van der Waals surface area (Å²) in [4.78, 5) is 0. The summed E-state index contributed by atoms with van der Waals surface area (Å²) in [6.07, 6.45) is 4.61. The lowest BCUT2D eigenvalue weighted by Gasteiger charge is -1.88. The zero-order valence-corrected chi connectivity index (χ0v) is 5.66. The van der Waals surface area contributed by atoms with Gasteiger partial charge in [-0.2, -0.15) is 6.42 Å². The maximum atomic E-state index is 3.70. The molecule has 0 atom stereocenters. The average Bonchev–Trinajstić information content (AvgIpc) is 1.88. The van der Waals surface area contributed by atoms with Gasteiger partial charge in [-0.1, -0.05) is 6.42 Å². The molecule has 0 amide bonds. The van der Waals surface area contributed by atoms with Crippen LogP contribution >= 0.6 is 0 Å². The second-order valence-corrected chi connectivity index (χ2v) is 1.41. The third-order valence-corrected chi connectivity index (χ3v) is 0.750. The fourth-order valence-electron chi connectivity index (χ4n) is 0.354. The number of unbranched alkanes of at least 4 members (excludes halogenated alkanes) is 3. The van der Waals surface area contributed by atoms with E-state index in [0.29, 0.717) is 0 Å². The van der Waals surface area contributed by atoms with Gasteiger partial charge in [-0.05, 0) is 6.42 Å². The zero-order valence-electron chi connectivity index (χ0n) is 5.66. The van der Waals surface area contributed by atoms with E-state index in [4.69, 9.17) is 0 Å². The smallest absolute Gasteiger partial charge is 0.0849 e. The van der Waals surface area contributed by atoms with Gasteiger partial charge in [-0.3, -0.25) is 0 Å². The van der Waals surface area contributed by atoms with Gasteiger partial charge >= 0.3 is 0 Å². The van der Waals surface area contributed by atoms with Gasteiger partial charge in [0.15, 0.2) is 0 Å². The molecule has 0 spiro atoms. The van der Waals surface area contributed by atoms with Crippen molar-refractivity contribution in [1.82, 2.24) is 0 Å². The molecule has 0 aromatic heterocycles. The first-order chi connectivity index (χ1) is 3.91. The lowest BCUT2D eigenvalue weighted by atomic mass is 10.2. The predicted molar refractivity (Wildman–Crippen MR) is 40.4 cm³/mol. The maximum Gasteiger partial charge on any atom is 0.0849 e. The molecule has 0 aromatic carbocycles. The topological polar surface area (TPSA) is 0 Å². The van der Waals surface area contributed by atoms with Crippen molar-refractivity contribution >= 4 is 0 Å². The van der Waals surface area contributed by atoms with Crippen molar-refractivity contribution in [2.75, 3.05) is 0 Å². The number of hydrogen-bond donors (Lipinski definition) is 0. The number of rotatable bonds is 3. The molecule has 0 saturated carbocycles. The van der Waals surface area contributed by atoms with Crippen LogP contribution < -0.4 is 0 Å². The highest BCUT2D eigenvalue weighted by Gasteiger charge is 1.77. The lowest BCUT2D eigenvalue weighted by Crippen LogP contribution is -1.66. The van der Waals surface area contributed by atoms with E-state index in [9.17, 15) is 0 Å². The molecular formula is C8H16. The molecule has 0 radical (unpaired) electrons. The maximum absolute atomic E-state index is 3.70. The summed E-state index contributed by atoms with van der Waals surface area (Å²) in [5, 5.41) is 0. The lowest BCUT2D eigenvalue weighted by molar-refractivity contribution is 0.759. The Balaban J connectivity index is 0. The Bertz CT molecular complexity index is 19.2. The SMILES string of the molecule is C=C.[CH2+]CCCC[CH2-]. The molecule has 8 heavy (non-hydrogen) atoms. The van der Waals surface area contributed by atoms with Crippen molar-refractivity contribution in [3.8, 4) is 0 Å². The van der Waals surface area contributed by atoms with Gasteiger partial charge in [0.05, 0.1) is 13.3 Å². The van der Waals surface area contributed by atoms with Crippen LogP contribution in [0.2, 0.25) is 0 Å². The van der Waals surface area contributed by atoms with Gasteiger partial charge in [0.1, 0.15) is 0 Å². The van der Waals surface area contributed by atoms with Crippen molar-refractivity contribution in [1.29, 1.82) is 0 Å². The van der Waals surface area contributed by atoms with Crippen LogP contribution in [-0.4, -0.2) is 0 Å². The van der Waals surface area contributed by atoms with E-state index in [1.54, 1.807) is 0 Å². The first-order valence-electron chi connectivity index (χ1n) is 3.00. The molecule has 0 heterocycles. The third kappa shape index (κ3) is 17.5. The monoisotopic (exact) mass is 112 g/mol. The van der Waals surface area contributed by atoms with Crippen LogP contribution in [0.15, 0.2) is 13.2 Å². The van der Waals surface area contributed by atoms with Gasteiger partial charge in [-0.15, -0.1) is 13.2 Å². The Morgan fingerprint density at radius 3 is 1.88 bits per heavy atom. The summed E-state index contributed by atoms with van der Waals surface area (Å²) in [7, 11) is 0. The molecule has 0 unspecified atom stereocenters. The normalized spacial score (nSPS) is 7.12. The average molecular weight is 112 g/mol. The standard InChI is InChI=1S/C6H12.C2H4/c1-3-5-6-4-2;1-2/h1-6H2;1-2H2.